The van der Waals surface area contributed by atoms with Crippen LogP contribution >= 0.6 is 7.60 Å². The normalized spacial score (nSPS) is 12.3. The Morgan fingerprint density at radius 1 is 1.12 bits per heavy atom. The summed E-state index contributed by atoms with van der Waals surface area (Å²) in [4.78, 5) is 23.6. The minimum atomic E-state index is -3.29. The molecule has 0 saturated heterocycles. The van der Waals surface area contributed by atoms with Crippen LogP contribution in [0, 0.1) is 0 Å². The monoisotopic (exact) mass is 359 g/mol. The Kier molecular flexibility index (Phi) is 8.46. The molecule has 0 aliphatic rings. The fourth-order valence-corrected chi connectivity index (χ4v) is 2.93. The summed E-state index contributed by atoms with van der Waals surface area (Å²) in [5.41, 5.74) is 0.811. The number of alkyl carbamates (subject to hydrolysis) is 1. The van der Waals surface area contributed by atoms with Crippen molar-refractivity contribution in [2.45, 2.75) is 19.1 Å². The molecule has 0 saturated carbocycles. The molecule has 24 heavy (non-hydrogen) atoms. The molecule has 0 heterocycles. The summed E-state index contributed by atoms with van der Waals surface area (Å²) in [5, 5.41) is 2.39. The van der Waals surface area contributed by atoms with Gasteiger partial charge in [-0.05, 0) is 12.0 Å². The Morgan fingerprint density at radius 3 is 2.29 bits per heavy atom. The van der Waals surface area contributed by atoms with Crippen molar-refractivity contribution in [3.8, 4) is 0 Å². The number of carbonyl (C=O) groups is 2. The van der Waals surface area contributed by atoms with Crippen LogP contribution in [0.15, 0.2) is 30.3 Å². The van der Waals surface area contributed by atoms with Crippen molar-refractivity contribution in [2.24, 2.45) is 0 Å². The lowest BCUT2D eigenvalue weighted by Crippen LogP contribution is -2.42. The Hall–Kier alpha value is -1.89. The third-order valence-corrected chi connectivity index (χ3v) is 5.16. The molecule has 0 aromatic heterocycles. The van der Waals surface area contributed by atoms with E-state index in [4.69, 9.17) is 13.8 Å². The van der Waals surface area contributed by atoms with E-state index in [0.717, 1.165) is 5.56 Å². The van der Waals surface area contributed by atoms with E-state index in [-0.39, 0.29) is 19.2 Å². The van der Waals surface area contributed by atoms with Gasteiger partial charge in [-0.3, -0.25) is 4.57 Å². The molecule has 134 valence electrons. The van der Waals surface area contributed by atoms with Gasteiger partial charge >= 0.3 is 19.7 Å². The Labute approximate surface area is 141 Å². The van der Waals surface area contributed by atoms with Gasteiger partial charge in [0, 0.05) is 14.2 Å². The largest absolute Gasteiger partial charge is 0.467 e. The van der Waals surface area contributed by atoms with Crippen molar-refractivity contribution in [1.29, 1.82) is 0 Å². The first-order valence-corrected chi connectivity index (χ1v) is 8.92. The highest BCUT2D eigenvalue weighted by Crippen LogP contribution is 2.46. The van der Waals surface area contributed by atoms with Crippen molar-refractivity contribution in [3.05, 3.63) is 35.9 Å². The summed E-state index contributed by atoms with van der Waals surface area (Å²) >= 11 is 0. The number of amides is 1. The lowest BCUT2D eigenvalue weighted by molar-refractivity contribution is -0.143. The van der Waals surface area contributed by atoms with Crippen LogP contribution in [0.2, 0.25) is 0 Å². The summed E-state index contributed by atoms with van der Waals surface area (Å²) in [6, 6.07) is 8.08. The van der Waals surface area contributed by atoms with E-state index in [1.54, 1.807) is 12.1 Å². The van der Waals surface area contributed by atoms with Gasteiger partial charge in [0.1, 0.15) is 12.6 Å². The Balaban J connectivity index is 2.57. The number of carbonyl (C=O) groups excluding carboxylic acids is 2. The molecular formula is C15H22NO7P. The number of benzene rings is 1. The number of nitrogens with one attached hydrogen (secondary N) is 1. The van der Waals surface area contributed by atoms with Gasteiger partial charge in [0.2, 0.25) is 0 Å². The van der Waals surface area contributed by atoms with Crippen LogP contribution < -0.4 is 5.32 Å². The van der Waals surface area contributed by atoms with Gasteiger partial charge in [0.05, 0.1) is 13.3 Å². The Bertz CT molecular complexity index is 570. The van der Waals surface area contributed by atoms with Crippen LogP contribution in [0.5, 0.6) is 0 Å². The van der Waals surface area contributed by atoms with Crippen molar-refractivity contribution in [2.75, 3.05) is 27.5 Å². The average molecular weight is 359 g/mol. The maximum absolute atomic E-state index is 12.0. The molecule has 0 aliphatic carbocycles. The van der Waals surface area contributed by atoms with E-state index >= 15 is 0 Å². The second-order valence-electron chi connectivity index (χ2n) is 4.77. The van der Waals surface area contributed by atoms with Crippen LogP contribution in [-0.4, -0.2) is 45.6 Å². The molecule has 0 spiro atoms. The van der Waals surface area contributed by atoms with E-state index in [1.807, 2.05) is 18.2 Å². The molecule has 1 rings (SSSR count). The highest BCUT2D eigenvalue weighted by atomic mass is 31.2. The summed E-state index contributed by atoms with van der Waals surface area (Å²) in [5.74, 6) is -0.676. The van der Waals surface area contributed by atoms with Crippen molar-refractivity contribution >= 4 is 19.7 Å². The van der Waals surface area contributed by atoms with Crippen molar-refractivity contribution in [1.82, 2.24) is 5.32 Å². The van der Waals surface area contributed by atoms with Gasteiger partial charge in [-0.15, -0.1) is 0 Å². The predicted molar refractivity (Wildman–Crippen MR) is 86.7 cm³/mol. The first-order chi connectivity index (χ1) is 11.4. The molecule has 1 aromatic rings. The summed E-state index contributed by atoms with van der Waals surface area (Å²) in [6.45, 7) is 0.0647. The molecule has 8 nitrogen and oxygen atoms in total. The lowest BCUT2D eigenvalue weighted by atomic mass is 10.2. The smallest absolute Gasteiger partial charge is 0.408 e. The fraction of sp³-hybridized carbons (Fsp3) is 0.467. The number of rotatable bonds is 9. The fourth-order valence-electron chi connectivity index (χ4n) is 1.84. The zero-order chi connectivity index (χ0) is 18.0. The van der Waals surface area contributed by atoms with Gasteiger partial charge < -0.3 is 23.8 Å². The zero-order valence-electron chi connectivity index (χ0n) is 13.9. The first-order valence-electron chi connectivity index (χ1n) is 7.19. The lowest BCUT2D eigenvalue weighted by Gasteiger charge is -2.19. The van der Waals surface area contributed by atoms with Gasteiger partial charge in [-0.25, -0.2) is 9.59 Å². The van der Waals surface area contributed by atoms with Crippen LogP contribution in [0.25, 0.3) is 0 Å². The number of hydrogen-bond donors (Lipinski definition) is 1. The van der Waals surface area contributed by atoms with E-state index < -0.39 is 25.7 Å². The van der Waals surface area contributed by atoms with E-state index in [2.05, 4.69) is 10.1 Å². The maximum Gasteiger partial charge on any atom is 0.408 e. The van der Waals surface area contributed by atoms with Crippen LogP contribution in [0.3, 0.4) is 0 Å². The number of hydrogen-bond acceptors (Lipinski definition) is 7. The molecule has 0 bridgehead atoms. The van der Waals surface area contributed by atoms with Crippen LogP contribution in [0.4, 0.5) is 4.79 Å². The van der Waals surface area contributed by atoms with Gasteiger partial charge in [0.15, 0.2) is 0 Å². The first kappa shape index (κ1) is 20.2. The molecule has 0 radical (unpaired) electrons. The summed E-state index contributed by atoms with van der Waals surface area (Å²) in [6.07, 6.45) is -0.816. The van der Waals surface area contributed by atoms with Gasteiger partial charge in [-0.2, -0.15) is 0 Å². The zero-order valence-corrected chi connectivity index (χ0v) is 14.8. The van der Waals surface area contributed by atoms with Gasteiger partial charge in [-0.1, -0.05) is 30.3 Å². The number of esters is 1. The highest BCUT2D eigenvalue weighted by Gasteiger charge is 2.28. The van der Waals surface area contributed by atoms with E-state index in [0.29, 0.717) is 0 Å². The third-order valence-electron chi connectivity index (χ3n) is 3.24. The van der Waals surface area contributed by atoms with Crippen molar-refractivity contribution in [3.63, 3.8) is 0 Å². The quantitative estimate of drug-likeness (QED) is 0.533. The molecule has 1 N–H and O–H groups in total. The summed E-state index contributed by atoms with van der Waals surface area (Å²) in [7, 11) is 0.399. The van der Waals surface area contributed by atoms with Crippen molar-refractivity contribution < 1.29 is 32.7 Å². The van der Waals surface area contributed by atoms with Crippen LogP contribution in [-0.2, 0) is 34.5 Å². The molecular weight excluding hydrogens is 337 g/mol. The minimum Gasteiger partial charge on any atom is -0.467 e. The molecule has 0 aliphatic heterocycles. The second kappa shape index (κ2) is 10.1. The average Bonchev–Trinajstić information content (AvgIpc) is 2.63. The second-order valence-corrected chi connectivity index (χ2v) is 7.17. The third kappa shape index (κ3) is 6.70. The molecule has 1 unspecified atom stereocenters. The molecule has 1 atom stereocenters. The number of methoxy groups -OCH3 is 1. The molecule has 9 heteroatoms. The highest BCUT2D eigenvalue weighted by molar-refractivity contribution is 7.53. The van der Waals surface area contributed by atoms with E-state index in [1.165, 1.54) is 21.3 Å². The topological polar surface area (TPSA) is 100 Å². The molecule has 1 amide bonds. The Morgan fingerprint density at radius 2 is 1.75 bits per heavy atom. The predicted octanol–water partition coefficient (Wildman–Crippen LogP) is 2.33. The standard InChI is InChI=1S/C15H22NO7P/c1-20-14(17)13(9-10-24(19,21-2)22-3)16-15(18)23-11-12-7-5-4-6-8-12/h4-8,13H,9-11H2,1-3H3,(H,16,18). The molecule has 1 aromatic carbocycles. The van der Waals surface area contributed by atoms with E-state index in [9.17, 15) is 14.2 Å². The maximum atomic E-state index is 12.0. The van der Waals surface area contributed by atoms with Gasteiger partial charge in [0.25, 0.3) is 0 Å². The van der Waals surface area contributed by atoms with Crippen LogP contribution in [0.1, 0.15) is 12.0 Å². The minimum absolute atomic E-state index is 0.0199. The SMILES string of the molecule is COC(=O)C(CCP(=O)(OC)OC)NC(=O)OCc1ccccc1. The number of ether oxygens (including phenoxy) is 2. The molecule has 0 fully saturated rings. The summed E-state index contributed by atoms with van der Waals surface area (Å²) < 4.78 is 31.3.